The van der Waals surface area contributed by atoms with E-state index in [4.69, 9.17) is 4.74 Å². The maximum atomic E-state index is 12.3. The minimum Gasteiger partial charge on any atom is -0.423 e. The summed E-state index contributed by atoms with van der Waals surface area (Å²) in [5.74, 6) is -1.39. The molecule has 6 heteroatoms. The van der Waals surface area contributed by atoms with Gasteiger partial charge in [-0.05, 0) is 24.3 Å². The third-order valence-electron chi connectivity index (χ3n) is 3.98. The molecule has 0 radical (unpaired) electrons. The fourth-order valence-corrected chi connectivity index (χ4v) is 2.83. The molecule has 1 aliphatic heterocycles. The molecular weight excluding hydrogens is 320 g/mol. The van der Waals surface area contributed by atoms with E-state index in [1.54, 1.807) is 48.7 Å². The smallest absolute Gasteiger partial charge is 0.331 e. The number of carbonyl (C=O) groups excluding carboxylic acids is 3. The number of benzene rings is 2. The minimum atomic E-state index is -0.701. The van der Waals surface area contributed by atoms with Crippen molar-refractivity contribution in [3.63, 3.8) is 0 Å². The van der Waals surface area contributed by atoms with Crippen molar-refractivity contribution in [3.8, 4) is 5.75 Å². The Labute approximate surface area is 142 Å². The highest BCUT2D eigenvalue weighted by atomic mass is 16.5. The van der Waals surface area contributed by atoms with Crippen molar-refractivity contribution in [2.75, 3.05) is 6.54 Å². The molecule has 0 fully saturated rings. The zero-order chi connectivity index (χ0) is 17.4. The van der Waals surface area contributed by atoms with Gasteiger partial charge >= 0.3 is 5.97 Å². The second-order valence-electron chi connectivity index (χ2n) is 5.55. The van der Waals surface area contributed by atoms with Crippen molar-refractivity contribution in [2.45, 2.75) is 0 Å². The topological polar surface area (TPSA) is 76.6 Å². The Balaban J connectivity index is 1.55. The average molecular weight is 332 g/mol. The fourth-order valence-electron chi connectivity index (χ4n) is 2.83. The molecule has 0 unspecified atom stereocenters. The lowest BCUT2D eigenvalue weighted by molar-refractivity contribution is -0.134. The summed E-state index contributed by atoms with van der Waals surface area (Å²) in [6.07, 6.45) is 1.60. The molecule has 0 N–H and O–H groups in total. The van der Waals surface area contributed by atoms with Crippen LogP contribution in [0.4, 0.5) is 0 Å². The van der Waals surface area contributed by atoms with E-state index in [0.717, 1.165) is 10.3 Å². The van der Waals surface area contributed by atoms with Crippen molar-refractivity contribution in [2.24, 2.45) is 0 Å². The largest absolute Gasteiger partial charge is 0.423 e. The van der Waals surface area contributed by atoms with Crippen LogP contribution in [-0.4, -0.2) is 34.2 Å². The summed E-state index contributed by atoms with van der Waals surface area (Å²) in [5, 5.41) is 0.827. The van der Waals surface area contributed by atoms with Gasteiger partial charge in [-0.25, -0.2) is 4.79 Å². The van der Waals surface area contributed by atoms with Crippen molar-refractivity contribution < 1.29 is 19.1 Å². The number of rotatable bonds is 3. The van der Waals surface area contributed by atoms with Crippen molar-refractivity contribution in [1.29, 1.82) is 0 Å². The van der Waals surface area contributed by atoms with Gasteiger partial charge in [0.2, 0.25) is 0 Å². The molecule has 2 amide bonds. The van der Waals surface area contributed by atoms with Crippen LogP contribution in [0.5, 0.6) is 5.75 Å². The Bertz CT molecular complexity index is 988. The monoisotopic (exact) mass is 332 g/mol. The average Bonchev–Trinajstić information content (AvgIpc) is 2.87. The summed E-state index contributed by atoms with van der Waals surface area (Å²) >= 11 is 0. The van der Waals surface area contributed by atoms with Gasteiger partial charge < -0.3 is 4.74 Å². The van der Waals surface area contributed by atoms with Crippen molar-refractivity contribution in [1.82, 2.24) is 9.88 Å². The Hall–Kier alpha value is -3.54. The van der Waals surface area contributed by atoms with Gasteiger partial charge in [-0.15, -0.1) is 0 Å². The summed E-state index contributed by atoms with van der Waals surface area (Å²) in [6, 6.07) is 15.3. The summed E-state index contributed by atoms with van der Waals surface area (Å²) in [7, 11) is 0. The number of para-hydroxylation sites is 1. The van der Waals surface area contributed by atoms with Gasteiger partial charge in [-0.1, -0.05) is 30.3 Å². The van der Waals surface area contributed by atoms with Gasteiger partial charge in [0, 0.05) is 11.6 Å². The third-order valence-corrected chi connectivity index (χ3v) is 3.98. The highest BCUT2D eigenvalue weighted by molar-refractivity contribution is 6.22. The fraction of sp³-hybridized carbons (Fsp3) is 0.0526. The standard InChI is InChI=1S/C19H12N2O4/c22-16(25-15-9-3-5-12-6-4-10-20-17(12)15)11-21-18(23)13-7-1-2-8-14(13)19(21)24/h1-10H,11H2. The maximum Gasteiger partial charge on any atom is 0.331 e. The van der Waals surface area contributed by atoms with E-state index in [1.807, 2.05) is 12.1 Å². The van der Waals surface area contributed by atoms with E-state index in [1.165, 1.54) is 0 Å². The van der Waals surface area contributed by atoms with Crippen LogP contribution in [-0.2, 0) is 4.79 Å². The van der Waals surface area contributed by atoms with E-state index in [0.29, 0.717) is 22.4 Å². The zero-order valence-electron chi connectivity index (χ0n) is 13.0. The lowest BCUT2D eigenvalue weighted by Gasteiger charge is -2.13. The Kier molecular flexibility index (Phi) is 3.50. The Morgan fingerprint density at radius 3 is 2.32 bits per heavy atom. The molecule has 6 nitrogen and oxygen atoms in total. The lowest BCUT2D eigenvalue weighted by Crippen LogP contribution is -2.36. The van der Waals surface area contributed by atoms with Gasteiger partial charge in [-0.2, -0.15) is 0 Å². The predicted molar refractivity (Wildman–Crippen MR) is 89.2 cm³/mol. The first kappa shape index (κ1) is 15.0. The van der Waals surface area contributed by atoms with Crippen LogP contribution < -0.4 is 4.74 Å². The first-order chi connectivity index (χ1) is 12.1. The highest BCUT2D eigenvalue weighted by Crippen LogP contribution is 2.25. The number of nitrogens with zero attached hydrogens (tertiary/aromatic N) is 2. The number of carbonyl (C=O) groups is 3. The lowest BCUT2D eigenvalue weighted by atomic mass is 10.1. The molecule has 1 aliphatic rings. The second kappa shape index (κ2) is 5.83. The van der Waals surface area contributed by atoms with Crippen LogP contribution in [0.15, 0.2) is 60.8 Å². The van der Waals surface area contributed by atoms with Crippen LogP contribution in [0.1, 0.15) is 20.7 Å². The molecule has 0 spiro atoms. The molecule has 0 saturated carbocycles. The summed E-state index contributed by atoms with van der Waals surface area (Å²) < 4.78 is 5.34. The highest BCUT2D eigenvalue weighted by Gasteiger charge is 2.36. The maximum absolute atomic E-state index is 12.3. The van der Waals surface area contributed by atoms with E-state index >= 15 is 0 Å². The quantitative estimate of drug-likeness (QED) is 0.418. The number of fused-ring (bicyclic) bond motifs is 2. The number of esters is 1. The number of aromatic nitrogens is 1. The molecule has 3 aromatic rings. The number of imide groups is 1. The van der Waals surface area contributed by atoms with Gasteiger partial charge in [-0.3, -0.25) is 19.5 Å². The van der Waals surface area contributed by atoms with Crippen molar-refractivity contribution in [3.05, 3.63) is 71.9 Å². The SMILES string of the molecule is O=C(CN1C(=O)c2ccccc2C1=O)Oc1cccc2cccnc12. The molecule has 25 heavy (non-hydrogen) atoms. The minimum absolute atomic E-state index is 0.291. The summed E-state index contributed by atoms with van der Waals surface area (Å²) in [4.78, 5) is 41.9. The van der Waals surface area contributed by atoms with Gasteiger partial charge in [0.05, 0.1) is 11.1 Å². The van der Waals surface area contributed by atoms with Crippen molar-refractivity contribution >= 4 is 28.7 Å². The third kappa shape index (κ3) is 2.53. The first-order valence-corrected chi connectivity index (χ1v) is 7.65. The molecule has 1 aromatic heterocycles. The summed E-state index contributed by atoms with van der Waals surface area (Å²) in [5.41, 5.74) is 1.14. The Morgan fingerprint density at radius 2 is 1.60 bits per heavy atom. The molecule has 4 rings (SSSR count). The van der Waals surface area contributed by atoms with Crippen LogP contribution in [0.25, 0.3) is 10.9 Å². The van der Waals surface area contributed by atoms with Gasteiger partial charge in [0.15, 0.2) is 5.75 Å². The first-order valence-electron chi connectivity index (χ1n) is 7.65. The number of amides is 2. The molecule has 2 heterocycles. The number of pyridine rings is 1. The number of hydrogen-bond donors (Lipinski definition) is 0. The molecule has 0 saturated heterocycles. The molecule has 0 aliphatic carbocycles. The van der Waals surface area contributed by atoms with Crippen LogP contribution in [0.2, 0.25) is 0 Å². The van der Waals surface area contributed by atoms with E-state index in [9.17, 15) is 14.4 Å². The van der Waals surface area contributed by atoms with Crippen LogP contribution in [0.3, 0.4) is 0 Å². The molecule has 0 bridgehead atoms. The zero-order valence-corrected chi connectivity index (χ0v) is 13.0. The number of ether oxygens (including phenoxy) is 1. The molecule has 122 valence electrons. The normalized spacial score (nSPS) is 13.2. The van der Waals surface area contributed by atoms with E-state index in [-0.39, 0.29) is 0 Å². The predicted octanol–water partition coefficient (Wildman–Crippen LogP) is 2.44. The van der Waals surface area contributed by atoms with Crippen LogP contribution >= 0.6 is 0 Å². The summed E-state index contributed by atoms with van der Waals surface area (Å²) in [6.45, 7) is -0.449. The molecule has 0 atom stereocenters. The molecular formula is C19H12N2O4. The number of hydrogen-bond acceptors (Lipinski definition) is 5. The molecule has 2 aromatic carbocycles. The second-order valence-corrected chi connectivity index (χ2v) is 5.55. The van der Waals surface area contributed by atoms with E-state index in [2.05, 4.69) is 4.98 Å². The van der Waals surface area contributed by atoms with Crippen LogP contribution in [0, 0.1) is 0 Å². The van der Waals surface area contributed by atoms with Gasteiger partial charge in [0.1, 0.15) is 12.1 Å². The Morgan fingerprint density at radius 1 is 0.920 bits per heavy atom. The van der Waals surface area contributed by atoms with E-state index < -0.39 is 24.3 Å². The van der Waals surface area contributed by atoms with Gasteiger partial charge in [0.25, 0.3) is 11.8 Å².